The Kier molecular flexibility index (Phi) is 2.29. The first-order valence-electron chi connectivity index (χ1n) is 6.64. The van der Waals surface area contributed by atoms with Crippen LogP contribution in [0, 0.1) is 0 Å². The fourth-order valence-electron chi connectivity index (χ4n) is 2.98. The lowest BCUT2D eigenvalue weighted by molar-refractivity contribution is 0.0952. The van der Waals surface area contributed by atoms with Gasteiger partial charge in [0.1, 0.15) is 17.8 Å². The molecule has 0 bridgehead atoms. The molecule has 6 heteroatoms. The van der Waals surface area contributed by atoms with Crippen LogP contribution in [0.15, 0.2) is 30.6 Å². The van der Waals surface area contributed by atoms with Crippen molar-refractivity contribution < 1.29 is 4.79 Å². The molecule has 21 heavy (non-hydrogen) atoms. The van der Waals surface area contributed by atoms with E-state index in [1.807, 2.05) is 35.9 Å². The second kappa shape index (κ2) is 4.05. The molecule has 0 spiro atoms. The van der Waals surface area contributed by atoms with E-state index in [0.717, 1.165) is 27.9 Å². The van der Waals surface area contributed by atoms with Crippen LogP contribution in [0.3, 0.4) is 0 Å². The van der Waals surface area contributed by atoms with Gasteiger partial charge in [-0.3, -0.25) is 4.79 Å². The van der Waals surface area contributed by atoms with Gasteiger partial charge in [-0.05, 0) is 11.6 Å². The molecule has 0 aliphatic carbocycles. The zero-order valence-corrected chi connectivity index (χ0v) is 11.4. The first-order chi connectivity index (χ1) is 10.2. The highest BCUT2D eigenvalue weighted by atomic mass is 16.1. The molecule has 3 aromatic rings. The Balaban J connectivity index is 2.22. The number of nitrogens with two attached hydrogens (primary N) is 1. The lowest BCUT2D eigenvalue weighted by Gasteiger charge is -2.05. The number of hydrogen-bond acceptors (Lipinski definition) is 4. The summed E-state index contributed by atoms with van der Waals surface area (Å²) in [4.78, 5) is 20.6. The summed E-state index contributed by atoms with van der Waals surface area (Å²) < 4.78 is 1.96. The molecule has 104 valence electrons. The number of carbonyl (C=O) groups is 1. The van der Waals surface area contributed by atoms with Crippen molar-refractivity contribution in [3.8, 4) is 11.1 Å². The fraction of sp³-hybridized carbons (Fsp3) is 0.133. The maximum absolute atomic E-state index is 12.2. The number of aryl methyl sites for hydroxylation is 1. The number of carbonyl (C=O) groups excluding carboxylic acids is 1. The van der Waals surface area contributed by atoms with Crippen LogP contribution in [-0.4, -0.2) is 20.4 Å². The molecule has 1 aliphatic heterocycles. The number of anilines is 1. The van der Waals surface area contributed by atoms with Gasteiger partial charge in [0.2, 0.25) is 0 Å². The van der Waals surface area contributed by atoms with Crippen LogP contribution in [0.25, 0.3) is 22.2 Å². The van der Waals surface area contributed by atoms with E-state index >= 15 is 0 Å². The van der Waals surface area contributed by atoms with Crippen molar-refractivity contribution >= 4 is 22.8 Å². The smallest absolute Gasteiger partial charge is 0.252 e. The minimum absolute atomic E-state index is 0.0784. The number of aromatic nitrogens is 3. The Labute approximate surface area is 120 Å². The first-order valence-corrected chi connectivity index (χ1v) is 6.64. The Morgan fingerprint density at radius 1 is 1.24 bits per heavy atom. The standard InChI is InChI=1S/C15H13N5O/c1-20-10-6-17-15(21)9-5-3-2-4-8(9)11(10)12-13(16)18-7-19-14(12)20/h2-5,7H,6H2,1H3,(H,17,21)(H2,16,18,19). The molecule has 3 heterocycles. The van der Waals surface area contributed by atoms with E-state index in [-0.39, 0.29) is 5.91 Å². The van der Waals surface area contributed by atoms with Gasteiger partial charge in [-0.15, -0.1) is 0 Å². The van der Waals surface area contributed by atoms with Crippen molar-refractivity contribution in [2.75, 3.05) is 5.73 Å². The summed E-state index contributed by atoms with van der Waals surface area (Å²) in [7, 11) is 1.92. The molecule has 1 aliphatic rings. The van der Waals surface area contributed by atoms with E-state index in [1.54, 1.807) is 0 Å². The van der Waals surface area contributed by atoms with Crippen LogP contribution >= 0.6 is 0 Å². The van der Waals surface area contributed by atoms with E-state index in [1.165, 1.54) is 6.33 Å². The van der Waals surface area contributed by atoms with Crippen molar-refractivity contribution in [1.82, 2.24) is 19.9 Å². The second-order valence-corrected chi connectivity index (χ2v) is 5.07. The number of nitrogens with one attached hydrogen (secondary N) is 1. The molecule has 1 amide bonds. The van der Waals surface area contributed by atoms with Gasteiger partial charge in [0, 0.05) is 23.9 Å². The quantitative estimate of drug-likeness (QED) is 0.652. The molecule has 0 saturated carbocycles. The monoisotopic (exact) mass is 279 g/mol. The lowest BCUT2D eigenvalue weighted by atomic mass is 9.98. The number of fused-ring (bicyclic) bond motifs is 5. The van der Waals surface area contributed by atoms with Crippen LogP contribution in [0.5, 0.6) is 0 Å². The van der Waals surface area contributed by atoms with E-state index in [9.17, 15) is 4.79 Å². The average molecular weight is 279 g/mol. The van der Waals surface area contributed by atoms with E-state index in [0.29, 0.717) is 17.9 Å². The normalized spacial score (nSPS) is 13.5. The van der Waals surface area contributed by atoms with Gasteiger partial charge in [0.25, 0.3) is 5.91 Å². The van der Waals surface area contributed by atoms with E-state index in [4.69, 9.17) is 5.73 Å². The second-order valence-electron chi connectivity index (χ2n) is 5.07. The minimum atomic E-state index is -0.0784. The summed E-state index contributed by atoms with van der Waals surface area (Å²) in [5.74, 6) is 0.353. The highest BCUT2D eigenvalue weighted by molar-refractivity contribution is 6.10. The SMILES string of the molecule is Cn1c2c(c3c(N)ncnc31)-c1ccccc1C(=O)NC2. The topological polar surface area (TPSA) is 85.8 Å². The molecule has 2 aromatic heterocycles. The number of rotatable bonds is 0. The third-order valence-electron chi connectivity index (χ3n) is 3.98. The Bertz CT molecular complexity index is 896. The average Bonchev–Trinajstić information content (AvgIpc) is 2.70. The first kappa shape index (κ1) is 11.9. The maximum Gasteiger partial charge on any atom is 0.252 e. The third-order valence-corrected chi connectivity index (χ3v) is 3.98. The molecular weight excluding hydrogens is 266 g/mol. The minimum Gasteiger partial charge on any atom is -0.383 e. The molecule has 0 radical (unpaired) electrons. The van der Waals surface area contributed by atoms with Gasteiger partial charge in [0.05, 0.1) is 11.9 Å². The van der Waals surface area contributed by atoms with Gasteiger partial charge in [-0.1, -0.05) is 18.2 Å². The fourth-order valence-corrected chi connectivity index (χ4v) is 2.98. The number of amides is 1. The molecule has 0 atom stereocenters. The summed E-state index contributed by atoms with van der Waals surface area (Å²) in [6.07, 6.45) is 1.46. The van der Waals surface area contributed by atoms with Crippen LogP contribution in [0.2, 0.25) is 0 Å². The van der Waals surface area contributed by atoms with Crippen molar-refractivity contribution in [2.45, 2.75) is 6.54 Å². The van der Waals surface area contributed by atoms with Gasteiger partial charge in [-0.25, -0.2) is 9.97 Å². The molecule has 6 nitrogen and oxygen atoms in total. The molecule has 0 unspecified atom stereocenters. The van der Waals surface area contributed by atoms with Gasteiger partial charge >= 0.3 is 0 Å². The van der Waals surface area contributed by atoms with Crippen LogP contribution < -0.4 is 11.1 Å². The summed E-state index contributed by atoms with van der Waals surface area (Å²) in [6, 6.07) is 7.53. The zero-order chi connectivity index (χ0) is 14.6. The highest BCUT2D eigenvalue weighted by Gasteiger charge is 2.26. The van der Waals surface area contributed by atoms with Crippen LogP contribution in [-0.2, 0) is 13.6 Å². The summed E-state index contributed by atoms with van der Waals surface area (Å²) in [5.41, 5.74) is 10.3. The summed E-state index contributed by atoms with van der Waals surface area (Å²) in [5, 5.41) is 3.73. The predicted molar refractivity (Wildman–Crippen MR) is 79.5 cm³/mol. The number of nitrogen functional groups attached to an aromatic ring is 1. The molecular formula is C15H13N5O. The van der Waals surface area contributed by atoms with Gasteiger partial charge in [0.15, 0.2) is 0 Å². The Morgan fingerprint density at radius 3 is 2.81 bits per heavy atom. The lowest BCUT2D eigenvalue weighted by Crippen LogP contribution is -2.22. The third kappa shape index (κ3) is 1.50. The van der Waals surface area contributed by atoms with Crippen molar-refractivity contribution in [3.63, 3.8) is 0 Å². The number of benzene rings is 1. The van der Waals surface area contributed by atoms with Crippen LogP contribution in [0.1, 0.15) is 16.1 Å². The Hall–Kier alpha value is -2.89. The molecule has 3 N–H and O–H groups in total. The largest absolute Gasteiger partial charge is 0.383 e. The number of hydrogen-bond donors (Lipinski definition) is 2. The Morgan fingerprint density at radius 2 is 2.00 bits per heavy atom. The predicted octanol–water partition coefficient (Wildman–Crippen LogP) is 1.46. The number of nitrogens with zero attached hydrogens (tertiary/aromatic N) is 3. The molecule has 0 saturated heterocycles. The van der Waals surface area contributed by atoms with Crippen molar-refractivity contribution in [1.29, 1.82) is 0 Å². The molecule has 0 fully saturated rings. The summed E-state index contributed by atoms with van der Waals surface area (Å²) >= 11 is 0. The van der Waals surface area contributed by atoms with Crippen LogP contribution in [0.4, 0.5) is 5.82 Å². The highest BCUT2D eigenvalue weighted by Crippen LogP contribution is 2.38. The van der Waals surface area contributed by atoms with Gasteiger partial charge < -0.3 is 15.6 Å². The van der Waals surface area contributed by atoms with Gasteiger partial charge in [-0.2, -0.15) is 0 Å². The van der Waals surface area contributed by atoms with Crippen molar-refractivity contribution in [2.24, 2.45) is 7.05 Å². The summed E-state index contributed by atoms with van der Waals surface area (Å²) in [6.45, 7) is 0.440. The van der Waals surface area contributed by atoms with Crippen molar-refractivity contribution in [3.05, 3.63) is 41.9 Å². The van der Waals surface area contributed by atoms with E-state index < -0.39 is 0 Å². The maximum atomic E-state index is 12.2. The molecule has 4 rings (SSSR count). The van der Waals surface area contributed by atoms with E-state index in [2.05, 4.69) is 15.3 Å². The molecule has 1 aromatic carbocycles. The zero-order valence-electron chi connectivity index (χ0n) is 11.4.